The molecule has 6 nitrogen and oxygen atoms in total. The molecule has 2 rings (SSSR count). The van der Waals surface area contributed by atoms with E-state index in [4.69, 9.17) is 5.11 Å². The normalized spacial score (nSPS) is 17.3. The lowest BCUT2D eigenvalue weighted by Gasteiger charge is -2.30. The Hall–Kier alpha value is -1.22. The van der Waals surface area contributed by atoms with Gasteiger partial charge in [0.15, 0.2) is 0 Å². The Morgan fingerprint density at radius 2 is 2.18 bits per heavy atom. The van der Waals surface area contributed by atoms with Crippen LogP contribution in [0.1, 0.15) is 22.5 Å². The molecule has 1 aliphatic rings. The first-order chi connectivity index (χ1) is 10.5. The monoisotopic (exact) mass is 344 g/mol. The van der Waals surface area contributed by atoms with E-state index in [1.807, 2.05) is 0 Å². The zero-order valence-electron chi connectivity index (χ0n) is 12.2. The van der Waals surface area contributed by atoms with Gasteiger partial charge in [-0.2, -0.15) is 4.31 Å². The predicted octanol–water partition coefficient (Wildman–Crippen LogP) is 1.06. The summed E-state index contributed by atoms with van der Waals surface area (Å²) in [5, 5.41) is 13.3. The maximum atomic E-state index is 12.7. The van der Waals surface area contributed by atoms with Crippen molar-refractivity contribution >= 4 is 27.3 Å². The number of aliphatic hydroxyl groups excluding tert-OH is 1. The van der Waals surface area contributed by atoms with E-state index >= 15 is 0 Å². The third-order valence-corrected chi connectivity index (χ3v) is 6.68. The quantitative estimate of drug-likeness (QED) is 0.756. The number of hydrogen-bond donors (Lipinski definition) is 2. The van der Waals surface area contributed by atoms with E-state index < -0.39 is 15.9 Å². The first kappa shape index (κ1) is 17.1. The third-order valence-electron chi connectivity index (χ3n) is 3.69. The highest BCUT2D eigenvalue weighted by Crippen LogP contribution is 2.28. The van der Waals surface area contributed by atoms with Crippen LogP contribution in [0.4, 0.5) is 0 Å². The molecule has 1 aromatic rings. The topological polar surface area (TPSA) is 86.7 Å². The molecule has 1 amide bonds. The van der Waals surface area contributed by atoms with Crippen molar-refractivity contribution in [3.8, 4) is 0 Å². The number of thiophene rings is 1. The van der Waals surface area contributed by atoms with Crippen LogP contribution >= 0.6 is 11.3 Å². The number of hydrogen-bond acceptors (Lipinski definition) is 5. The predicted molar refractivity (Wildman–Crippen MR) is 85.4 cm³/mol. The van der Waals surface area contributed by atoms with Crippen LogP contribution in [0.3, 0.4) is 0 Å². The highest BCUT2D eigenvalue weighted by molar-refractivity contribution is 7.89. The number of aliphatic hydroxyl groups is 1. The minimum absolute atomic E-state index is 0.0570. The van der Waals surface area contributed by atoms with Gasteiger partial charge in [-0.1, -0.05) is 6.08 Å². The molecule has 2 N–H and O–H groups in total. The van der Waals surface area contributed by atoms with E-state index in [-0.39, 0.29) is 28.8 Å². The summed E-state index contributed by atoms with van der Waals surface area (Å²) < 4.78 is 26.8. The lowest BCUT2D eigenvalue weighted by molar-refractivity contribution is 0.0959. The van der Waals surface area contributed by atoms with Crippen LogP contribution in [0.25, 0.3) is 0 Å². The van der Waals surface area contributed by atoms with Gasteiger partial charge in [-0.25, -0.2) is 8.42 Å². The third kappa shape index (κ3) is 3.57. The van der Waals surface area contributed by atoms with E-state index in [0.717, 1.165) is 11.3 Å². The Morgan fingerprint density at radius 1 is 1.50 bits per heavy atom. The summed E-state index contributed by atoms with van der Waals surface area (Å²) in [6.07, 6.45) is 2.81. The summed E-state index contributed by atoms with van der Waals surface area (Å²) in [6.45, 7) is 4.63. The highest BCUT2D eigenvalue weighted by atomic mass is 32.2. The van der Waals surface area contributed by atoms with E-state index in [1.165, 1.54) is 10.4 Å². The fraction of sp³-hybridized carbons (Fsp3) is 0.500. The van der Waals surface area contributed by atoms with Gasteiger partial charge in [-0.3, -0.25) is 4.79 Å². The lowest BCUT2D eigenvalue weighted by Crippen LogP contribution is -2.39. The fourth-order valence-electron chi connectivity index (χ4n) is 2.38. The van der Waals surface area contributed by atoms with E-state index in [1.54, 1.807) is 11.5 Å². The van der Waals surface area contributed by atoms with E-state index in [0.29, 0.717) is 25.9 Å². The maximum Gasteiger partial charge on any atom is 0.262 e. The Balaban J connectivity index is 2.19. The molecular weight excluding hydrogens is 324 g/mol. The molecule has 1 saturated heterocycles. The molecule has 8 heteroatoms. The van der Waals surface area contributed by atoms with E-state index in [2.05, 4.69) is 11.9 Å². The highest BCUT2D eigenvalue weighted by Gasteiger charge is 2.32. The first-order valence-corrected chi connectivity index (χ1v) is 9.40. The number of carbonyl (C=O) groups is 1. The van der Waals surface area contributed by atoms with Gasteiger partial charge in [0, 0.05) is 26.2 Å². The summed E-state index contributed by atoms with van der Waals surface area (Å²) in [6, 6.07) is 1.47. The molecule has 2 heterocycles. The van der Waals surface area contributed by atoms with Crippen LogP contribution in [0, 0.1) is 5.92 Å². The van der Waals surface area contributed by atoms with Crippen molar-refractivity contribution < 1.29 is 18.3 Å². The van der Waals surface area contributed by atoms with Crippen molar-refractivity contribution in [3.05, 3.63) is 29.0 Å². The molecule has 0 saturated carbocycles. The minimum Gasteiger partial charge on any atom is -0.396 e. The smallest absolute Gasteiger partial charge is 0.262 e. The standard InChI is InChI=1S/C14H20N2O4S2/c1-2-6-15-14(18)13-12(5-9-21-13)22(19,20)16-7-3-11(10-17)4-8-16/h2,5,9,11,17H,1,3-4,6-8,10H2,(H,15,18). The number of nitrogens with zero attached hydrogens (tertiary/aromatic N) is 1. The van der Waals surface area contributed by atoms with Gasteiger partial charge >= 0.3 is 0 Å². The fourth-order valence-corrected chi connectivity index (χ4v) is 5.17. The van der Waals surface area contributed by atoms with Crippen LogP contribution in [0.2, 0.25) is 0 Å². The molecule has 1 aromatic heterocycles. The first-order valence-electron chi connectivity index (χ1n) is 7.08. The van der Waals surface area contributed by atoms with Crippen molar-refractivity contribution in [1.29, 1.82) is 0 Å². The molecule has 0 spiro atoms. The van der Waals surface area contributed by atoms with Crippen LogP contribution in [0.5, 0.6) is 0 Å². The van der Waals surface area contributed by atoms with Gasteiger partial charge in [-0.05, 0) is 30.2 Å². The largest absolute Gasteiger partial charge is 0.396 e. The molecule has 1 fully saturated rings. The van der Waals surface area contributed by atoms with Gasteiger partial charge in [0.25, 0.3) is 5.91 Å². The van der Waals surface area contributed by atoms with Gasteiger partial charge in [0.1, 0.15) is 9.77 Å². The average molecular weight is 344 g/mol. The summed E-state index contributed by atoms with van der Waals surface area (Å²) in [4.78, 5) is 12.3. The molecule has 0 aliphatic carbocycles. The molecule has 22 heavy (non-hydrogen) atoms. The lowest BCUT2D eigenvalue weighted by atomic mass is 10.00. The molecule has 0 bridgehead atoms. The molecule has 0 aromatic carbocycles. The van der Waals surface area contributed by atoms with Crippen LogP contribution in [-0.2, 0) is 10.0 Å². The number of rotatable bonds is 6. The summed E-state index contributed by atoms with van der Waals surface area (Å²) in [7, 11) is -3.68. The Labute approximate surface area is 134 Å². The average Bonchev–Trinajstić information content (AvgIpc) is 3.03. The Bertz CT molecular complexity index is 631. The van der Waals surface area contributed by atoms with Gasteiger partial charge in [0.05, 0.1) is 0 Å². The second-order valence-electron chi connectivity index (χ2n) is 5.14. The SMILES string of the molecule is C=CCNC(=O)c1sccc1S(=O)(=O)N1CCC(CO)CC1. The second kappa shape index (κ2) is 7.36. The molecule has 0 atom stereocenters. The van der Waals surface area contributed by atoms with Gasteiger partial charge < -0.3 is 10.4 Å². The zero-order valence-corrected chi connectivity index (χ0v) is 13.8. The zero-order chi connectivity index (χ0) is 16.2. The molecule has 1 aliphatic heterocycles. The maximum absolute atomic E-state index is 12.7. The van der Waals surface area contributed by atoms with Crippen LogP contribution in [0.15, 0.2) is 29.0 Å². The van der Waals surface area contributed by atoms with Crippen molar-refractivity contribution in [1.82, 2.24) is 9.62 Å². The number of sulfonamides is 1. The van der Waals surface area contributed by atoms with Crippen LogP contribution < -0.4 is 5.32 Å². The molecule has 0 radical (unpaired) electrons. The Kier molecular flexibility index (Phi) is 5.74. The van der Waals surface area contributed by atoms with Crippen molar-refractivity contribution in [2.24, 2.45) is 5.92 Å². The van der Waals surface area contributed by atoms with Crippen LogP contribution in [-0.4, -0.2) is 50.0 Å². The van der Waals surface area contributed by atoms with Gasteiger partial charge in [-0.15, -0.1) is 17.9 Å². The number of piperidine rings is 1. The second-order valence-corrected chi connectivity index (χ2v) is 7.97. The minimum atomic E-state index is -3.68. The van der Waals surface area contributed by atoms with Crippen molar-refractivity contribution in [2.75, 3.05) is 26.2 Å². The van der Waals surface area contributed by atoms with Crippen molar-refractivity contribution in [2.45, 2.75) is 17.7 Å². The van der Waals surface area contributed by atoms with Crippen molar-refractivity contribution in [3.63, 3.8) is 0 Å². The molecular formula is C14H20N2O4S2. The summed E-state index contributed by atoms with van der Waals surface area (Å²) in [5.74, 6) is -0.247. The Morgan fingerprint density at radius 3 is 2.77 bits per heavy atom. The van der Waals surface area contributed by atoms with E-state index in [9.17, 15) is 13.2 Å². The summed E-state index contributed by atoms with van der Waals surface area (Å²) >= 11 is 1.11. The summed E-state index contributed by atoms with van der Waals surface area (Å²) in [5.41, 5.74) is 0. The number of amides is 1. The number of carbonyl (C=O) groups excluding carboxylic acids is 1. The number of nitrogens with one attached hydrogen (secondary N) is 1. The molecule has 0 unspecified atom stereocenters. The van der Waals surface area contributed by atoms with Gasteiger partial charge in [0.2, 0.25) is 10.0 Å². The molecule has 122 valence electrons.